The number of nitrogen functional groups attached to an aromatic ring is 1. The third-order valence-corrected chi connectivity index (χ3v) is 7.83. The first-order chi connectivity index (χ1) is 19.0. The number of carbonyl (C=O) groups excluding carboxylic acids is 1. The molecule has 0 spiro atoms. The SMILES string of the molecule is CC(C)Oc1cc(-c2ccc(C(=O)NS(=O)(=O)c3cccc(N)n3)c(N3C[C@@H](C)CC3(C)C)n2)cc(C(F)(F)F)c1. The normalized spacial score (nSPS) is 17.1. The molecule has 0 bridgehead atoms. The molecule has 4 rings (SSSR count). The molecule has 1 aliphatic heterocycles. The molecule has 9 nitrogen and oxygen atoms in total. The number of pyridine rings is 2. The summed E-state index contributed by atoms with van der Waals surface area (Å²) in [6.07, 6.45) is -4.26. The zero-order valence-electron chi connectivity index (χ0n) is 23.3. The van der Waals surface area contributed by atoms with Gasteiger partial charge in [-0.05, 0) is 82.5 Å². The molecule has 3 N–H and O–H groups in total. The number of sulfonamides is 1. The molecule has 0 saturated carbocycles. The van der Waals surface area contributed by atoms with Crippen molar-refractivity contribution in [1.29, 1.82) is 0 Å². The summed E-state index contributed by atoms with van der Waals surface area (Å²) in [6, 6.07) is 10.1. The third kappa shape index (κ3) is 6.72. The van der Waals surface area contributed by atoms with Crippen LogP contribution < -0.4 is 20.1 Å². The van der Waals surface area contributed by atoms with E-state index in [9.17, 15) is 26.4 Å². The number of nitrogens with two attached hydrogens (primary N) is 1. The van der Waals surface area contributed by atoms with Gasteiger partial charge in [-0.1, -0.05) is 13.0 Å². The van der Waals surface area contributed by atoms with Gasteiger partial charge in [0.15, 0.2) is 5.03 Å². The first-order valence-electron chi connectivity index (χ1n) is 12.9. The van der Waals surface area contributed by atoms with Crippen molar-refractivity contribution in [1.82, 2.24) is 14.7 Å². The number of aromatic nitrogens is 2. The van der Waals surface area contributed by atoms with E-state index in [0.29, 0.717) is 6.54 Å². The van der Waals surface area contributed by atoms with Crippen LogP contribution in [-0.4, -0.2) is 42.5 Å². The lowest BCUT2D eigenvalue weighted by Gasteiger charge is -2.34. The summed E-state index contributed by atoms with van der Waals surface area (Å²) in [6.45, 7) is 9.85. The molecule has 220 valence electrons. The third-order valence-electron chi connectivity index (χ3n) is 6.60. The summed E-state index contributed by atoms with van der Waals surface area (Å²) in [7, 11) is -4.39. The molecule has 1 amide bonds. The minimum Gasteiger partial charge on any atom is -0.491 e. The Morgan fingerprint density at radius 2 is 1.85 bits per heavy atom. The number of benzene rings is 1. The molecule has 1 aromatic carbocycles. The molecule has 1 aliphatic rings. The van der Waals surface area contributed by atoms with E-state index in [2.05, 4.69) is 9.97 Å². The van der Waals surface area contributed by atoms with Crippen molar-refractivity contribution in [2.45, 2.75) is 63.9 Å². The number of nitrogens with zero attached hydrogens (tertiary/aromatic N) is 3. The molecule has 1 fully saturated rings. The zero-order chi connectivity index (χ0) is 30.3. The van der Waals surface area contributed by atoms with Gasteiger partial charge in [-0.25, -0.2) is 14.7 Å². The van der Waals surface area contributed by atoms with Gasteiger partial charge in [0, 0.05) is 17.6 Å². The van der Waals surface area contributed by atoms with Crippen LogP contribution in [0.25, 0.3) is 11.3 Å². The van der Waals surface area contributed by atoms with E-state index in [0.717, 1.165) is 18.6 Å². The zero-order valence-corrected chi connectivity index (χ0v) is 24.1. The summed E-state index contributed by atoms with van der Waals surface area (Å²) in [5.41, 5.74) is 4.45. The van der Waals surface area contributed by atoms with Crippen molar-refractivity contribution < 1.29 is 31.1 Å². The maximum Gasteiger partial charge on any atom is 0.416 e. The Morgan fingerprint density at radius 3 is 2.44 bits per heavy atom. The van der Waals surface area contributed by atoms with Crippen molar-refractivity contribution in [3.63, 3.8) is 0 Å². The number of amides is 1. The first-order valence-corrected chi connectivity index (χ1v) is 14.4. The van der Waals surface area contributed by atoms with Gasteiger partial charge < -0.3 is 15.4 Å². The molecular weight excluding hydrogens is 559 g/mol. The van der Waals surface area contributed by atoms with E-state index in [1.54, 1.807) is 13.8 Å². The van der Waals surface area contributed by atoms with Crippen molar-refractivity contribution >= 4 is 27.6 Å². The molecular formula is C28H32F3N5O4S. The van der Waals surface area contributed by atoms with Gasteiger partial charge in [-0.3, -0.25) is 4.79 Å². The summed E-state index contributed by atoms with van der Waals surface area (Å²) in [5.74, 6) is -0.626. The molecule has 0 radical (unpaired) electrons. The quantitative estimate of drug-likeness (QED) is 0.380. The molecule has 1 saturated heterocycles. The maximum atomic E-state index is 13.8. The van der Waals surface area contributed by atoms with E-state index in [4.69, 9.17) is 10.5 Å². The van der Waals surface area contributed by atoms with Crippen LogP contribution in [0.15, 0.2) is 53.6 Å². The van der Waals surface area contributed by atoms with Crippen molar-refractivity contribution in [3.05, 3.63) is 59.7 Å². The predicted molar refractivity (Wildman–Crippen MR) is 149 cm³/mol. The lowest BCUT2D eigenvalue weighted by molar-refractivity contribution is -0.137. The molecule has 3 aromatic rings. The molecule has 0 unspecified atom stereocenters. The van der Waals surface area contributed by atoms with Gasteiger partial charge in [0.25, 0.3) is 15.9 Å². The van der Waals surface area contributed by atoms with E-state index >= 15 is 0 Å². The average molecular weight is 592 g/mol. The molecule has 2 aromatic heterocycles. The fourth-order valence-electron chi connectivity index (χ4n) is 5.01. The Hall–Kier alpha value is -3.87. The standard InChI is InChI=1S/C28H32F3N5O4S/c1-16(2)40-20-12-18(11-19(13-20)28(29,30)31)22-10-9-21(25(33-22)36-15-17(3)14-27(36,4)5)26(37)35-41(38,39)24-8-6-7-23(32)34-24/h6-13,16-17H,14-15H2,1-5H3,(H2,32,34)(H,35,37)/t17-/m0/s1. The maximum absolute atomic E-state index is 13.8. The van der Waals surface area contributed by atoms with Gasteiger partial charge in [-0.2, -0.15) is 21.6 Å². The van der Waals surface area contributed by atoms with E-state index in [1.807, 2.05) is 30.4 Å². The highest BCUT2D eigenvalue weighted by Gasteiger charge is 2.39. The predicted octanol–water partition coefficient (Wildman–Crippen LogP) is 5.28. The highest BCUT2D eigenvalue weighted by Crippen LogP contribution is 2.40. The Balaban J connectivity index is 1.83. The van der Waals surface area contributed by atoms with Crippen molar-refractivity contribution in [3.8, 4) is 17.0 Å². The van der Waals surface area contributed by atoms with Crippen LogP contribution in [-0.2, 0) is 16.2 Å². The second-order valence-corrected chi connectivity index (χ2v) is 12.7. The van der Waals surface area contributed by atoms with Gasteiger partial charge >= 0.3 is 6.18 Å². The Morgan fingerprint density at radius 1 is 1.15 bits per heavy atom. The summed E-state index contributed by atoms with van der Waals surface area (Å²) >= 11 is 0. The number of halogens is 3. The lowest BCUT2D eigenvalue weighted by atomic mass is 9.97. The lowest BCUT2D eigenvalue weighted by Crippen LogP contribution is -2.41. The van der Waals surface area contributed by atoms with Crippen molar-refractivity contribution in [2.75, 3.05) is 17.2 Å². The molecule has 13 heteroatoms. The highest BCUT2D eigenvalue weighted by atomic mass is 32.2. The summed E-state index contributed by atoms with van der Waals surface area (Å²) in [4.78, 5) is 23.7. The Bertz CT molecular complexity index is 1580. The van der Waals surface area contributed by atoms with Crippen LogP contribution >= 0.6 is 0 Å². The van der Waals surface area contributed by atoms with E-state index < -0.39 is 38.2 Å². The number of hydrogen-bond donors (Lipinski definition) is 2. The molecule has 3 heterocycles. The van der Waals surface area contributed by atoms with Crippen LogP contribution in [0.1, 0.15) is 57.0 Å². The number of anilines is 2. The topological polar surface area (TPSA) is 128 Å². The largest absolute Gasteiger partial charge is 0.491 e. The smallest absolute Gasteiger partial charge is 0.416 e. The monoisotopic (exact) mass is 591 g/mol. The fraction of sp³-hybridized carbons (Fsp3) is 0.393. The Labute approximate surface area is 237 Å². The van der Waals surface area contributed by atoms with E-state index in [-0.39, 0.29) is 46.2 Å². The van der Waals surface area contributed by atoms with Crippen LogP contribution in [0.5, 0.6) is 5.75 Å². The number of rotatable bonds is 7. The van der Waals surface area contributed by atoms with Crippen LogP contribution in [0.2, 0.25) is 0 Å². The average Bonchev–Trinajstić information content (AvgIpc) is 3.13. The van der Waals surface area contributed by atoms with Crippen LogP contribution in [0, 0.1) is 5.92 Å². The van der Waals surface area contributed by atoms with Crippen LogP contribution in [0.3, 0.4) is 0 Å². The molecule has 1 atom stereocenters. The van der Waals surface area contributed by atoms with Gasteiger partial charge in [0.2, 0.25) is 0 Å². The highest BCUT2D eigenvalue weighted by molar-refractivity contribution is 7.90. The van der Waals surface area contributed by atoms with Gasteiger partial charge in [0.05, 0.1) is 22.9 Å². The number of carbonyl (C=O) groups is 1. The van der Waals surface area contributed by atoms with Gasteiger partial charge in [0.1, 0.15) is 17.4 Å². The minimum atomic E-state index is -4.64. The van der Waals surface area contributed by atoms with E-state index in [1.165, 1.54) is 36.4 Å². The second kappa shape index (κ2) is 10.8. The first kappa shape index (κ1) is 30.1. The summed E-state index contributed by atoms with van der Waals surface area (Å²) < 4.78 is 74.7. The number of nitrogens with one attached hydrogen (secondary N) is 1. The van der Waals surface area contributed by atoms with Crippen LogP contribution in [0.4, 0.5) is 24.8 Å². The fourth-order valence-corrected chi connectivity index (χ4v) is 5.95. The molecule has 41 heavy (non-hydrogen) atoms. The number of alkyl halides is 3. The Kier molecular flexibility index (Phi) is 7.96. The number of ether oxygens (including phenoxy) is 1. The summed E-state index contributed by atoms with van der Waals surface area (Å²) in [5, 5.41) is -0.436. The van der Waals surface area contributed by atoms with Crippen molar-refractivity contribution in [2.24, 2.45) is 5.92 Å². The number of hydrogen-bond acceptors (Lipinski definition) is 8. The molecule has 0 aliphatic carbocycles. The minimum absolute atomic E-state index is 0.0193. The van der Waals surface area contributed by atoms with Gasteiger partial charge in [-0.15, -0.1) is 0 Å². The second-order valence-electron chi connectivity index (χ2n) is 11.0.